The molecule has 0 aliphatic carbocycles. The maximum atomic E-state index is 12.2. The molecule has 0 saturated carbocycles. The first-order valence-corrected chi connectivity index (χ1v) is 9.07. The Kier molecular flexibility index (Phi) is 5.85. The highest BCUT2D eigenvalue weighted by atomic mass is 32.2. The van der Waals surface area contributed by atoms with Crippen LogP contribution in [0, 0.1) is 24.2 Å². The van der Waals surface area contributed by atoms with Crippen LogP contribution in [0.2, 0.25) is 0 Å². The number of hydrogen-bond acceptors (Lipinski definition) is 5. The van der Waals surface area contributed by atoms with Gasteiger partial charge in [0.15, 0.2) is 11.0 Å². The van der Waals surface area contributed by atoms with Crippen LogP contribution in [0.3, 0.4) is 0 Å². The molecule has 0 aliphatic rings. The van der Waals surface area contributed by atoms with E-state index in [0.29, 0.717) is 5.16 Å². The Morgan fingerprint density at radius 2 is 2.08 bits per heavy atom. The van der Waals surface area contributed by atoms with Gasteiger partial charge in [0, 0.05) is 12.6 Å². The fraction of sp³-hybridized carbons (Fsp3) is 0.444. The van der Waals surface area contributed by atoms with Gasteiger partial charge in [0.1, 0.15) is 5.54 Å². The van der Waals surface area contributed by atoms with E-state index in [0.717, 1.165) is 17.0 Å². The van der Waals surface area contributed by atoms with Gasteiger partial charge in [-0.2, -0.15) is 5.26 Å². The van der Waals surface area contributed by atoms with E-state index in [1.54, 1.807) is 6.92 Å². The SMILES string of the molecule is Cc1ccccc1-c1nnc(SCC(=O)NC(C)(C#N)C(C)C)n1C. The number of aromatic nitrogens is 3. The van der Waals surface area contributed by atoms with Crippen LogP contribution in [-0.2, 0) is 11.8 Å². The third kappa shape index (κ3) is 4.20. The molecule has 0 saturated heterocycles. The van der Waals surface area contributed by atoms with Crippen molar-refractivity contribution in [3.8, 4) is 17.5 Å². The van der Waals surface area contributed by atoms with Crippen molar-refractivity contribution in [1.29, 1.82) is 5.26 Å². The Morgan fingerprint density at radius 1 is 1.40 bits per heavy atom. The van der Waals surface area contributed by atoms with Crippen molar-refractivity contribution < 1.29 is 4.79 Å². The van der Waals surface area contributed by atoms with Crippen LogP contribution in [0.15, 0.2) is 29.4 Å². The molecule has 0 aliphatic heterocycles. The lowest BCUT2D eigenvalue weighted by molar-refractivity contribution is -0.120. The molecule has 1 N–H and O–H groups in total. The second kappa shape index (κ2) is 7.70. The first-order chi connectivity index (χ1) is 11.8. The molecule has 0 bridgehead atoms. The summed E-state index contributed by atoms with van der Waals surface area (Å²) < 4.78 is 1.88. The fourth-order valence-electron chi connectivity index (χ4n) is 2.26. The number of amides is 1. The Balaban J connectivity index is 2.07. The van der Waals surface area contributed by atoms with Crippen LogP contribution in [-0.4, -0.2) is 32.0 Å². The lowest BCUT2D eigenvalue weighted by atomic mass is 9.90. The van der Waals surface area contributed by atoms with E-state index in [4.69, 9.17) is 0 Å². The predicted octanol–water partition coefficient (Wildman–Crippen LogP) is 2.94. The van der Waals surface area contributed by atoms with E-state index >= 15 is 0 Å². The molecule has 1 unspecified atom stereocenters. The number of rotatable bonds is 6. The Labute approximate surface area is 152 Å². The monoisotopic (exact) mass is 357 g/mol. The number of nitrogens with one attached hydrogen (secondary N) is 1. The van der Waals surface area contributed by atoms with Gasteiger partial charge in [0.05, 0.1) is 11.8 Å². The summed E-state index contributed by atoms with van der Waals surface area (Å²) in [5.74, 6) is 0.784. The summed E-state index contributed by atoms with van der Waals surface area (Å²) in [4.78, 5) is 12.2. The smallest absolute Gasteiger partial charge is 0.231 e. The number of hydrogen-bond donors (Lipinski definition) is 1. The molecule has 25 heavy (non-hydrogen) atoms. The van der Waals surface area contributed by atoms with E-state index in [9.17, 15) is 10.1 Å². The maximum Gasteiger partial charge on any atom is 0.231 e. The summed E-state index contributed by atoms with van der Waals surface area (Å²) in [6.07, 6.45) is 0. The normalized spacial score (nSPS) is 13.3. The number of carbonyl (C=O) groups is 1. The minimum Gasteiger partial charge on any atom is -0.337 e. The molecule has 1 aromatic heterocycles. The lowest BCUT2D eigenvalue weighted by Gasteiger charge is -2.27. The molecular weight excluding hydrogens is 334 g/mol. The highest BCUT2D eigenvalue weighted by Gasteiger charge is 2.30. The Morgan fingerprint density at radius 3 is 2.68 bits per heavy atom. The van der Waals surface area contributed by atoms with Crippen molar-refractivity contribution in [2.75, 3.05) is 5.75 Å². The van der Waals surface area contributed by atoms with Crippen LogP contribution in [0.25, 0.3) is 11.4 Å². The van der Waals surface area contributed by atoms with Crippen molar-refractivity contribution in [1.82, 2.24) is 20.1 Å². The molecule has 2 rings (SSSR count). The molecule has 1 atom stereocenters. The molecule has 6 nitrogen and oxygen atoms in total. The zero-order valence-electron chi connectivity index (χ0n) is 15.2. The van der Waals surface area contributed by atoms with E-state index in [1.165, 1.54) is 11.8 Å². The molecule has 0 radical (unpaired) electrons. The second-order valence-electron chi connectivity index (χ2n) is 6.49. The number of aryl methyl sites for hydroxylation is 1. The molecular formula is C18H23N5OS. The summed E-state index contributed by atoms with van der Waals surface area (Å²) in [7, 11) is 1.88. The van der Waals surface area contributed by atoms with Crippen LogP contribution in [0.1, 0.15) is 26.3 Å². The first-order valence-electron chi connectivity index (χ1n) is 8.09. The number of nitrogens with zero attached hydrogens (tertiary/aromatic N) is 4. The van der Waals surface area contributed by atoms with E-state index in [1.807, 2.05) is 56.7 Å². The summed E-state index contributed by atoms with van der Waals surface area (Å²) in [6.45, 7) is 7.58. The van der Waals surface area contributed by atoms with Gasteiger partial charge >= 0.3 is 0 Å². The molecule has 0 fully saturated rings. The van der Waals surface area contributed by atoms with Crippen LogP contribution < -0.4 is 5.32 Å². The van der Waals surface area contributed by atoms with Gasteiger partial charge in [-0.3, -0.25) is 4.79 Å². The number of benzene rings is 1. The van der Waals surface area contributed by atoms with Crippen molar-refractivity contribution >= 4 is 17.7 Å². The highest BCUT2D eigenvalue weighted by Crippen LogP contribution is 2.25. The van der Waals surface area contributed by atoms with Gasteiger partial charge < -0.3 is 9.88 Å². The van der Waals surface area contributed by atoms with Gasteiger partial charge in [-0.25, -0.2) is 0 Å². The second-order valence-corrected chi connectivity index (χ2v) is 7.43. The van der Waals surface area contributed by atoms with Crippen molar-refractivity contribution in [3.63, 3.8) is 0 Å². The molecule has 0 spiro atoms. The minimum atomic E-state index is -0.871. The molecule has 1 heterocycles. The van der Waals surface area contributed by atoms with Crippen molar-refractivity contribution in [3.05, 3.63) is 29.8 Å². The van der Waals surface area contributed by atoms with Crippen LogP contribution in [0.5, 0.6) is 0 Å². The summed E-state index contributed by atoms with van der Waals surface area (Å²) in [5.41, 5.74) is 1.27. The van der Waals surface area contributed by atoms with Gasteiger partial charge in [-0.1, -0.05) is 49.9 Å². The molecule has 7 heteroatoms. The summed E-state index contributed by atoms with van der Waals surface area (Å²) in [6, 6.07) is 10.2. The fourth-order valence-corrected chi connectivity index (χ4v) is 2.97. The predicted molar refractivity (Wildman–Crippen MR) is 98.9 cm³/mol. The molecule has 1 aromatic carbocycles. The van der Waals surface area contributed by atoms with E-state index in [2.05, 4.69) is 21.6 Å². The number of thioether (sulfide) groups is 1. The maximum absolute atomic E-state index is 12.2. The first kappa shape index (κ1) is 19.0. The number of carbonyl (C=O) groups excluding carboxylic acids is 1. The molecule has 132 valence electrons. The van der Waals surface area contributed by atoms with Crippen molar-refractivity contribution in [2.24, 2.45) is 13.0 Å². The minimum absolute atomic E-state index is 0.0222. The standard InChI is InChI=1S/C18H23N5OS/c1-12(2)18(4,11-19)20-15(24)10-25-17-22-21-16(23(17)5)14-9-7-6-8-13(14)3/h6-9,12H,10H2,1-5H3,(H,20,24). The molecule has 1 amide bonds. The van der Waals surface area contributed by atoms with Crippen LogP contribution >= 0.6 is 11.8 Å². The topological polar surface area (TPSA) is 83.6 Å². The largest absolute Gasteiger partial charge is 0.337 e. The third-order valence-electron chi connectivity index (χ3n) is 4.34. The van der Waals surface area contributed by atoms with Gasteiger partial charge in [0.25, 0.3) is 0 Å². The van der Waals surface area contributed by atoms with Crippen LogP contribution in [0.4, 0.5) is 0 Å². The molecule has 2 aromatic rings. The number of nitriles is 1. The van der Waals surface area contributed by atoms with Crippen molar-refractivity contribution in [2.45, 2.75) is 38.4 Å². The summed E-state index contributed by atoms with van der Waals surface area (Å²) >= 11 is 1.31. The zero-order chi connectivity index (χ0) is 18.6. The third-order valence-corrected chi connectivity index (χ3v) is 5.36. The summed E-state index contributed by atoms with van der Waals surface area (Å²) in [5, 5.41) is 21.2. The quantitative estimate of drug-likeness (QED) is 0.804. The van der Waals surface area contributed by atoms with Gasteiger partial charge in [-0.05, 0) is 25.3 Å². The van der Waals surface area contributed by atoms with Gasteiger partial charge in [0.2, 0.25) is 5.91 Å². The average molecular weight is 357 g/mol. The Bertz CT molecular complexity index is 808. The van der Waals surface area contributed by atoms with E-state index in [-0.39, 0.29) is 17.6 Å². The highest BCUT2D eigenvalue weighted by molar-refractivity contribution is 7.99. The zero-order valence-corrected chi connectivity index (χ0v) is 16.0. The van der Waals surface area contributed by atoms with E-state index < -0.39 is 5.54 Å². The Hall–Kier alpha value is -2.33. The average Bonchev–Trinajstić information content (AvgIpc) is 2.94. The van der Waals surface area contributed by atoms with Gasteiger partial charge in [-0.15, -0.1) is 10.2 Å². The lowest BCUT2D eigenvalue weighted by Crippen LogP contribution is -2.49.